The molecule has 136 valence electrons. The fraction of sp³-hybridized carbons (Fsp3) is 0.267. The summed E-state index contributed by atoms with van der Waals surface area (Å²) in [7, 11) is 0. The fourth-order valence-electron chi connectivity index (χ4n) is 2.16. The van der Waals surface area contributed by atoms with Gasteiger partial charge in [-0.25, -0.2) is 4.98 Å². The summed E-state index contributed by atoms with van der Waals surface area (Å²) in [6, 6.07) is 5.26. The van der Waals surface area contributed by atoms with E-state index in [-0.39, 0.29) is 22.6 Å². The van der Waals surface area contributed by atoms with Gasteiger partial charge in [0.05, 0.1) is 24.3 Å². The number of anilines is 1. The smallest absolute Gasteiger partial charge is 0.280 e. The van der Waals surface area contributed by atoms with Crippen LogP contribution < -0.4 is 5.32 Å². The van der Waals surface area contributed by atoms with Gasteiger partial charge >= 0.3 is 0 Å². The molecule has 1 aromatic carbocycles. The SMILES string of the molecule is O=C(Nc1ncc(F)s1)C(=NO[C@@H]1CCOC1)c1ccc([N+](=O)[O-])cc1. The third-order valence-corrected chi connectivity index (χ3v) is 4.15. The second kappa shape index (κ2) is 7.97. The highest BCUT2D eigenvalue weighted by Crippen LogP contribution is 2.18. The zero-order valence-electron chi connectivity index (χ0n) is 13.3. The Morgan fingerprint density at radius 3 is 2.81 bits per heavy atom. The average Bonchev–Trinajstić information content (AvgIpc) is 3.27. The third-order valence-electron chi connectivity index (χ3n) is 3.45. The van der Waals surface area contributed by atoms with E-state index in [9.17, 15) is 19.3 Å². The van der Waals surface area contributed by atoms with Crippen LogP contribution in [0.25, 0.3) is 0 Å². The van der Waals surface area contributed by atoms with E-state index in [2.05, 4.69) is 15.5 Å². The predicted molar refractivity (Wildman–Crippen MR) is 90.6 cm³/mol. The molecule has 0 aliphatic carbocycles. The first-order valence-corrected chi connectivity index (χ1v) is 8.33. The number of thiazole rings is 1. The number of amides is 1. The molecule has 1 aromatic heterocycles. The zero-order valence-corrected chi connectivity index (χ0v) is 14.1. The normalized spacial score (nSPS) is 17.1. The minimum absolute atomic E-state index is 0.0614. The first-order valence-electron chi connectivity index (χ1n) is 7.52. The quantitative estimate of drug-likeness (QED) is 0.467. The van der Waals surface area contributed by atoms with Gasteiger partial charge in [-0.2, -0.15) is 4.39 Å². The van der Waals surface area contributed by atoms with Crippen LogP contribution in [0, 0.1) is 15.2 Å². The topological polar surface area (TPSA) is 116 Å². The molecule has 1 amide bonds. The number of rotatable bonds is 6. The molecule has 0 spiro atoms. The van der Waals surface area contributed by atoms with Crippen molar-refractivity contribution >= 4 is 33.8 Å². The van der Waals surface area contributed by atoms with Crippen molar-refractivity contribution in [2.75, 3.05) is 18.5 Å². The average molecular weight is 380 g/mol. The van der Waals surface area contributed by atoms with Gasteiger partial charge < -0.3 is 9.57 Å². The lowest BCUT2D eigenvalue weighted by atomic mass is 10.1. The molecule has 2 heterocycles. The molecule has 9 nitrogen and oxygen atoms in total. The van der Waals surface area contributed by atoms with Gasteiger partial charge in [0.2, 0.25) is 0 Å². The number of halogens is 1. The van der Waals surface area contributed by atoms with E-state index >= 15 is 0 Å². The molecule has 3 rings (SSSR count). The molecule has 1 atom stereocenters. The molecular formula is C15H13FN4O5S. The summed E-state index contributed by atoms with van der Waals surface area (Å²) in [4.78, 5) is 31.8. The van der Waals surface area contributed by atoms with Crippen molar-refractivity contribution in [3.63, 3.8) is 0 Å². The van der Waals surface area contributed by atoms with Crippen molar-refractivity contribution in [2.45, 2.75) is 12.5 Å². The van der Waals surface area contributed by atoms with E-state index in [1.54, 1.807) is 0 Å². The number of nitrogens with zero attached hydrogens (tertiary/aromatic N) is 3. The summed E-state index contributed by atoms with van der Waals surface area (Å²) in [5, 5.41) is 16.6. The van der Waals surface area contributed by atoms with Crippen molar-refractivity contribution < 1.29 is 23.7 Å². The minimum atomic E-state index is -0.674. The van der Waals surface area contributed by atoms with Gasteiger partial charge in [0.1, 0.15) is 0 Å². The lowest BCUT2D eigenvalue weighted by Gasteiger charge is -2.09. The molecule has 0 saturated carbocycles. The van der Waals surface area contributed by atoms with Crippen molar-refractivity contribution in [3.8, 4) is 0 Å². The Bertz CT molecular complexity index is 833. The van der Waals surface area contributed by atoms with Crippen LogP contribution in [0.2, 0.25) is 0 Å². The molecule has 11 heteroatoms. The van der Waals surface area contributed by atoms with Crippen LogP contribution >= 0.6 is 11.3 Å². The van der Waals surface area contributed by atoms with Gasteiger partial charge in [0.25, 0.3) is 11.6 Å². The van der Waals surface area contributed by atoms with Crippen molar-refractivity contribution in [1.29, 1.82) is 0 Å². The molecule has 0 radical (unpaired) electrons. The van der Waals surface area contributed by atoms with Gasteiger partial charge in [-0.3, -0.25) is 20.2 Å². The van der Waals surface area contributed by atoms with Gasteiger partial charge in [0.15, 0.2) is 22.1 Å². The molecule has 1 aliphatic rings. The highest BCUT2D eigenvalue weighted by molar-refractivity contribution is 7.14. The standard InChI is InChI=1S/C15H13FN4O5S/c16-12-7-17-15(26-12)18-14(21)13(19-25-11-5-6-24-8-11)9-1-3-10(4-2-9)20(22)23/h1-4,7,11H,5-6,8H2,(H,17,18,21)/t11-/m1/s1. The number of aromatic nitrogens is 1. The Hall–Kier alpha value is -2.92. The summed E-state index contributed by atoms with van der Waals surface area (Å²) in [6.07, 6.45) is 1.33. The summed E-state index contributed by atoms with van der Waals surface area (Å²) in [5.41, 5.74) is 0.0760. The Balaban J connectivity index is 1.83. The van der Waals surface area contributed by atoms with E-state index in [1.165, 1.54) is 24.3 Å². The maximum atomic E-state index is 13.0. The molecule has 1 fully saturated rings. The first-order chi connectivity index (χ1) is 12.5. The number of nitro benzene ring substituents is 1. The zero-order chi connectivity index (χ0) is 18.5. The van der Waals surface area contributed by atoms with Crippen LogP contribution in [0.4, 0.5) is 15.2 Å². The van der Waals surface area contributed by atoms with E-state index in [1.807, 2.05) is 0 Å². The van der Waals surface area contributed by atoms with Crippen LogP contribution in [0.3, 0.4) is 0 Å². The maximum absolute atomic E-state index is 13.0. The molecular weight excluding hydrogens is 367 g/mol. The van der Waals surface area contributed by atoms with Crippen LogP contribution in [0.15, 0.2) is 35.6 Å². The first kappa shape index (κ1) is 17.9. The van der Waals surface area contributed by atoms with Crippen molar-refractivity contribution in [3.05, 3.63) is 51.3 Å². The van der Waals surface area contributed by atoms with Crippen LogP contribution in [-0.2, 0) is 14.4 Å². The highest BCUT2D eigenvalue weighted by Gasteiger charge is 2.21. The molecule has 0 bridgehead atoms. The third kappa shape index (κ3) is 4.37. The number of carbonyl (C=O) groups excluding carboxylic acids is 1. The number of nitrogens with one attached hydrogen (secondary N) is 1. The Morgan fingerprint density at radius 2 is 2.23 bits per heavy atom. The monoisotopic (exact) mass is 380 g/mol. The molecule has 1 N–H and O–H groups in total. The van der Waals surface area contributed by atoms with E-state index in [4.69, 9.17) is 9.57 Å². The molecule has 2 aromatic rings. The minimum Gasteiger partial charge on any atom is -0.389 e. The number of hydrogen-bond acceptors (Lipinski definition) is 8. The largest absolute Gasteiger partial charge is 0.389 e. The van der Waals surface area contributed by atoms with Crippen LogP contribution in [0.5, 0.6) is 0 Å². The number of carbonyl (C=O) groups is 1. The number of hydrogen-bond donors (Lipinski definition) is 1. The summed E-state index contributed by atoms with van der Waals surface area (Å²) in [6.45, 7) is 0.897. The van der Waals surface area contributed by atoms with E-state index in [0.717, 1.165) is 6.20 Å². The van der Waals surface area contributed by atoms with Gasteiger partial charge in [-0.1, -0.05) is 16.5 Å². The van der Waals surface area contributed by atoms with E-state index < -0.39 is 16.0 Å². The van der Waals surface area contributed by atoms with Gasteiger partial charge in [-0.05, 0) is 12.1 Å². The number of benzene rings is 1. The Morgan fingerprint density at radius 1 is 1.46 bits per heavy atom. The van der Waals surface area contributed by atoms with Crippen molar-refractivity contribution in [1.82, 2.24) is 4.98 Å². The lowest BCUT2D eigenvalue weighted by Crippen LogP contribution is -2.25. The molecule has 1 saturated heterocycles. The van der Waals surface area contributed by atoms with Crippen LogP contribution in [-0.4, -0.2) is 40.8 Å². The summed E-state index contributed by atoms with van der Waals surface area (Å²) < 4.78 is 18.2. The fourth-order valence-corrected chi connectivity index (χ4v) is 2.70. The second-order valence-electron chi connectivity index (χ2n) is 5.26. The van der Waals surface area contributed by atoms with Gasteiger partial charge in [-0.15, -0.1) is 0 Å². The lowest BCUT2D eigenvalue weighted by molar-refractivity contribution is -0.384. The maximum Gasteiger partial charge on any atom is 0.280 e. The van der Waals surface area contributed by atoms with Crippen LogP contribution in [0.1, 0.15) is 12.0 Å². The van der Waals surface area contributed by atoms with Gasteiger partial charge in [0, 0.05) is 24.1 Å². The van der Waals surface area contributed by atoms with Crippen molar-refractivity contribution in [2.24, 2.45) is 5.16 Å². The highest BCUT2D eigenvalue weighted by atomic mass is 32.1. The number of nitro groups is 1. The Kier molecular flexibility index (Phi) is 5.49. The predicted octanol–water partition coefficient (Wildman–Crippen LogP) is 2.34. The second-order valence-corrected chi connectivity index (χ2v) is 6.24. The molecule has 26 heavy (non-hydrogen) atoms. The number of non-ortho nitro benzene ring substituents is 1. The Labute approximate surface area is 150 Å². The summed E-state index contributed by atoms with van der Waals surface area (Å²) >= 11 is 0.664. The molecule has 0 unspecified atom stereocenters. The number of oxime groups is 1. The molecule has 1 aliphatic heterocycles. The summed E-state index contributed by atoms with van der Waals surface area (Å²) in [5.74, 6) is -0.674. The van der Waals surface area contributed by atoms with E-state index in [0.29, 0.717) is 36.5 Å². The number of ether oxygens (including phenoxy) is 1.